The number of methoxy groups -OCH3 is 2. The Bertz CT molecular complexity index is 1010. The molecule has 164 valence electrons. The van der Waals surface area contributed by atoms with Gasteiger partial charge in [0.25, 0.3) is 0 Å². The third-order valence-electron chi connectivity index (χ3n) is 4.85. The van der Waals surface area contributed by atoms with Gasteiger partial charge < -0.3 is 19.5 Å². The van der Waals surface area contributed by atoms with Gasteiger partial charge in [-0.2, -0.15) is 0 Å². The summed E-state index contributed by atoms with van der Waals surface area (Å²) in [6, 6.07) is 12.0. The number of allylic oxidation sites excluding steroid dienone is 1. The highest BCUT2D eigenvalue weighted by Gasteiger charge is 2.36. The smallest absolute Gasteiger partial charge is 0.338 e. The lowest BCUT2D eigenvalue weighted by molar-refractivity contribution is -0.140. The summed E-state index contributed by atoms with van der Waals surface area (Å²) in [5.74, 6) is 0.216. The summed E-state index contributed by atoms with van der Waals surface area (Å²) in [6.45, 7) is 2.22. The standard InChI is InChI=1S/C22H22Cl2N2O4S/c1-13-18(21(27)30-12-11-28-2)20(16-5-4-6-17(23)19(16)24)25-22(31)26(13)14-7-9-15(29-3)10-8-14/h4-10,20H,11-12H2,1-3H3,(H,25,31). The molecule has 0 saturated carbocycles. The number of ether oxygens (including phenoxy) is 3. The van der Waals surface area contributed by atoms with Crippen molar-refractivity contribution in [2.24, 2.45) is 0 Å². The van der Waals surface area contributed by atoms with Gasteiger partial charge in [0, 0.05) is 18.5 Å². The highest BCUT2D eigenvalue weighted by atomic mass is 35.5. The van der Waals surface area contributed by atoms with Crippen LogP contribution in [0.1, 0.15) is 18.5 Å². The highest BCUT2D eigenvalue weighted by Crippen LogP contribution is 2.39. The molecule has 0 spiro atoms. The number of anilines is 1. The first-order valence-electron chi connectivity index (χ1n) is 9.44. The van der Waals surface area contributed by atoms with Gasteiger partial charge in [-0.3, -0.25) is 4.90 Å². The molecule has 0 saturated heterocycles. The SMILES string of the molecule is COCCOC(=O)C1=C(C)N(c2ccc(OC)cc2)C(=S)NC1c1cccc(Cl)c1Cl. The predicted molar refractivity (Wildman–Crippen MR) is 126 cm³/mol. The lowest BCUT2D eigenvalue weighted by atomic mass is 9.94. The van der Waals surface area contributed by atoms with E-state index < -0.39 is 12.0 Å². The van der Waals surface area contributed by atoms with Crippen LogP contribution >= 0.6 is 35.4 Å². The zero-order valence-electron chi connectivity index (χ0n) is 17.3. The minimum atomic E-state index is -0.622. The molecule has 9 heteroatoms. The first kappa shape index (κ1) is 23.3. The van der Waals surface area contributed by atoms with Crippen LogP contribution in [-0.4, -0.2) is 38.5 Å². The zero-order chi connectivity index (χ0) is 22.5. The average Bonchev–Trinajstić information content (AvgIpc) is 2.76. The molecule has 0 bridgehead atoms. The van der Waals surface area contributed by atoms with Crippen molar-refractivity contribution < 1.29 is 19.0 Å². The summed E-state index contributed by atoms with van der Waals surface area (Å²) >= 11 is 18.3. The van der Waals surface area contributed by atoms with Crippen LogP contribution in [0.4, 0.5) is 5.69 Å². The molecule has 0 aromatic heterocycles. The number of carbonyl (C=O) groups is 1. The number of esters is 1. The molecular weight excluding hydrogens is 459 g/mol. The quantitative estimate of drug-likeness (QED) is 0.343. The number of nitrogens with zero attached hydrogens (tertiary/aromatic N) is 1. The van der Waals surface area contributed by atoms with Crippen molar-refractivity contribution in [2.75, 3.05) is 32.3 Å². The van der Waals surface area contributed by atoms with E-state index in [9.17, 15) is 4.79 Å². The Morgan fingerprint density at radius 1 is 1.13 bits per heavy atom. The molecule has 6 nitrogen and oxygen atoms in total. The fourth-order valence-electron chi connectivity index (χ4n) is 3.32. The normalized spacial score (nSPS) is 16.2. The molecule has 3 rings (SSSR count). The van der Waals surface area contributed by atoms with Crippen molar-refractivity contribution in [3.63, 3.8) is 0 Å². The summed E-state index contributed by atoms with van der Waals surface area (Å²) in [5, 5.41) is 4.37. The number of halogens is 2. The molecule has 0 fully saturated rings. The number of hydrogen-bond acceptors (Lipinski definition) is 5. The van der Waals surface area contributed by atoms with Gasteiger partial charge >= 0.3 is 5.97 Å². The van der Waals surface area contributed by atoms with Gasteiger partial charge in [0.1, 0.15) is 12.4 Å². The minimum Gasteiger partial charge on any atom is -0.497 e. The second-order valence-electron chi connectivity index (χ2n) is 6.69. The second-order valence-corrected chi connectivity index (χ2v) is 7.86. The van der Waals surface area contributed by atoms with E-state index in [1.54, 1.807) is 37.3 Å². The molecule has 1 N–H and O–H groups in total. The summed E-state index contributed by atoms with van der Waals surface area (Å²) in [6.07, 6.45) is 0. The van der Waals surface area contributed by atoms with Gasteiger partial charge in [0.05, 0.1) is 35.4 Å². The average molecular weight is 481 g/mol. The number of hydrogen-bond donors (Lipinski definition) is 1. The second kappa shape index (κ2) is 10.3. The van der Waals surface area contributed by atoms with E-state index in [1.165, 1.54) is 0 Å². The Hall–Kier alpha value is -2.32. The van der Waals surface area contributed by atoms with Gasteiger partial charge in [-0.05, 0) is 55.0 Å². The molecule has 0 amide bonds. The Balaban J connectivity index is 2.09. The van der Waals surface area contributed by atoms with Crippen LogP contribution in [0.2, 0.25) is 10.0 Å². The summed E-state index contributed by atoms with van der Waals surface area (Å²) < 4.78 is 15.7. The van der Waals surface area contributed by atoms with Crippen molar-refractivity contribution in [1.29, 1.82) is 0 Å². The maximum atomic E-state index is 13.1. The van der Waals surface area contributed by atoms with Crippen molar-refractivity contribution >= 4 is 52.2 Å². The van der Waals surface area contributed by atoms with Crippen molar-refractivity contribution in [3.05, 3.63) is 69.3 Å². The molecule has 31 heavy (non-hydrogen) atoms. The Morgan fingerprint density at radius 3 is 2.48 bits per heavy atom. The van der Waals surface area contributed by atoms with Crippen LogP contribution in [0.3, 0.4) is 0 Å². The lowest BCUT2D eigenvalue weighted by Crippen LogP contribution is -2.48. The molecule has 1 aliphatic heterocycles. The first-order valence-corrected chi connectivity index (χ1v) is 10.6. The fourth-order valence-corrected chi connectivity index (χ4v) is 4.10. The van der Waals surface area contributed by atoms with Crippen molar-refractivity contribution in [3.8, 4) is 5.75 Å². The maximum absolute atomic E-state index is 13.1. The molecular formula is C22H22Cl2N2O4S. The summed E-state index contributed by atoms with van der Waals surface area (Å²) in [4.78, 5) is 14.9. The number of carbonyl (C=O) groups excluding carboxylic acids is 1. The van der Waals surface area contributed by atoms with Crippen molar-refractivity contribution in [2.45, 2.75) is 13.0 Å². The minimum absolute atomic E-state index is 0.120. The third-order valence-corrected chi connectivity index (χ3v) is 5.98. The van der Waals surface area contributed by atoms with E-state index >= 15 is 0 Å². The largest absolute Gasteiger partial charge is 0.497 e. The highest BCUT2D eigenvalue weighted by molar-refractivity contribution is 7.80. The Labute approximate surface area is 196 Å². The molecule has 1 aliphatic rings. The lowest BCUT2D eigenvalue weighted by Gasteiger charge is -2.37. The summed E-state index contributed by atoms with van der Waals surface area (Å²) in [7, 11) is 3.14. The van der Waals surface area contributed by atoms with E-state index in [2.05, 4.69) is 5.32 Å². The maximum Gasteiger partial charge on any atom is 0.338 e. The Morgan fingerprint density at radius 2 is 1.84 bits per heavy atom. The van der Waals surface area contributed by atoms with Crippen molar-refractivity contribution in [1.82, 2.24) is 5.32 Å². The van der Waals surface area contributed by atoms with E-state index in [4.69, 9.17) is 49.6 Å². The summed E-state index contributed by atoms with van der Waals surface area (Å²) in [5.41, 5.74) is 2.40. The van der Waals surface area contributed by atoms with Gasteiger partial charge in [-0.15, -0.1) is 0 Å². The van der Waals surface area contributed by atoms with Crippen LogP contribution < -0.4 is 15.0 Å². The molecule has 0 radical (unpaired) electrons. The molecule has 2 aromatic rings. The van der Waals surface area contributed by atoms with E-state index in [0.29, 0.717) is 37.7 Å². The zero-order valence-corrected chi connectivity index (χ0v) is 19.6. The van der Waals surface area contributed by atoms with Gasteiger partial charge in [-0.25, -0.2) is 4.79 Å². The number of rotatable bonds is 7. The number of nitrogens with one attached hydrogen (secondary N) is 1. The fraction of sp³-hybridized carbons (Fsp3) is 0.273. The van der Waals surface area contributed by atoms with E-state index in [-0.39, 0.29) is 13.2 Å². The first-order chi connectivity index (χ1) is 14.9. The molecule has 1 heterocycles. The molecule has 2 aromatic carbocycles. The third kappa shape index (κ3) is 4.96. The van der Waals surface area contributed by atoms with E-state index in [1.807, 2.05) is 31.2 Å². The molecule has 1 atom stereocenters. The van der Waals surface area contributed by atoms with Crippen LogP contribution in [0.15, 0.2) is 53.7 Å². The monoisotopic (exact) mass is 480 g/mol. The van der Waals surface area contributed by atoms with Crippen LogP contribution in [0, 0.1) is 0 Å². The van der Waals surface area contributed by atoms with Gasteiger partial charge in [0.15, 0.2) is 5.11 Å². The van der Waals surface area contributed by atoms with E-state index in [0.717, 1.165) is 5.69 Å². The topological polar surface area (TPSA) is 60.0 Å². The van der Waals surface area contributed by atoms with Gasteiger partial charge in [0.2, 0.25) is 0 Å². The van der Waals surface area contributed by atoms with Crippen LogP contribution in [0.25, 0.3) is 0 Å². The molecule has 1 unspecified atom stereocenters. The van der Waals surface area contributed by atoms with Crippen LogP contribution in [-0.2, 0) is 14.3 Å². The predicted octanol–water partition coefficient (Wildman–Crippen LogP) is 4.90. The van der Waals surface area contributed by atoms with Crippen LogP contribution in [0.5, 0.6) is 5.75 Å². The Kier molecular flexibility index (Phi) is 7.78. The molecule has 0 aliphatic carbocycles. The number of thiocarbonyl (C=S) groups is 1. The van der Waals surface area contributed by atoms with Gasteiger partial charge in [-0.1, -0.05) is 35.3 Å². The number of benzene rings is 2.